The van der Waals surface area contributed by atoms with Crippen LogP contribution >= 0.6 is 23.2 Å². The van der Waals surface area contributed by atoms with E-state index in [9.17, 15) is 0 Å². The van der Waals surface area contributed by atoms with Crippen molar-refractivity contribution in [1.29, 1.82) is 0 Å². The fraction of sp³-hybridized carbons (Fsp3) is 0.600. The van der Waals surface area contributed by atoms with E-state index in [1.165, 1.54) is 0 Å². The molecule has 0 aliphatic carbocycles. The van der Waals surface area contributed by atoms with Crippen molar-refractivity contribution in [2.75, 3.05) is 13.7 Å². The molecular weight excluding hydrogens is 281 g/mol. The summed E-state index contributed by atoms with van der Waals surface area (Å²) in [6.07, 6.45) is 2.21. The molecule has 1 aromatic rings. The van der Waals surface area contributed by atoms with Gasteiger partial charge in [0.25, 0.3) is 0 Å². The molecule has 1 atom stereocenters. The lowest BCUT2D eigenvalue weighted by Crippen LogP contribution is -2.28. The topological polar surface area (TPSA) is 21.3 Å². The van der Waals surface area contributed by atoms with E-state index in [0.29, 0.717) is 21.7 Å². The number of hydrogen-bond donors (Lipinski definition) is 1. The molecule has 4 heteroatoms. The fourth-order valence-corrected chi connectivity index (χ4v) is 2.97. The molecule has 1 unspecified atom stereocenters. The van der Waals surface area contributed by atoms with Gasteiger partial charge in [0.2, 0.25) is 0 Å². The smallest absolute Gasteiger partial charge is 0.138 e. The zero-order valence-electron chi connectivity index (χ0n) is 12.1. The monoisotopic (exact) mass is 303 g/mol. The van der Waals surface area contributed by atoms with Gasteiger partial charge in [-0.15, -0.1) is 0 Å². The van der Waals surface area contributed by atoms with Gasteiger partial charge in [-0.1, -0.05) is 56.8 Å². The maximum absolute atomic E-state index is 6.39. The minimum atomic E-state index is 0.232. The zero-order valence-corrected chi connectivity index (χ0v) is 13.6. The Morgan fingerprint density at radius 1 is 1.11 bits per heavy atom. The van der Waals surface area contributed by atoms with E-state index in [4.69, 9.17) is 27.9 Å². The first-order valence-corrected chi connectivity index (χ1v) is 7.60. The number of benzene rings is 1. The molecule has 0 bridgehead atoms. The molecule has 0 heterocycles. The molecule has 1 N–H and O–H groups in total. The lowest BCUT2D eigenvalue weighted by atomic mass is 9.88. The molecule has 0 saturated carbocycles. The Morgan fingerprint density at radius 3 is 2.21 bits per heavy atom. The van der Waals surface area contributed by atoms with Crippen LogP contribution in [0.1, 0.15) is 45.2 Å². The highest BCUT2D eigenvalue weighted by molar-refractivity contribution is 6.34. The summed E-state index contributed by atoms with van der Waals surface area (Å²) in [7, 11) is 1.60. The van der Waals surface area contributed by atoms with Crippen molar-refractivity contribution in [1.82, 2.24) is 5.32 Å². The lowest BCUT2D eigenvalue weighted by Gasteiger charge is -2.28. The van der Waals surface area contributed by atoms with E-state index in [1.807, 2.05) is 6.07 Å². The zero-order chi connectivity index (χ0) is 14.4. The van der Waals surface area contributed by atoms with E-state index >= 15 is 0 Å². The minimum absolute atomic E-state index is 0.232. The number of nitrogens with one attached hydrogen (secondary N) is 1. The molecule has 0 aliphatic heterocycles. The van der Waals surface area contributed by atoms with Crippen LogP contribution < -0.4 is 10.1 Å². The van der Waals surface area contributed by atoms with Crippen molar-refractivity contribution >= 4 is 23.2 Å². The van der Waals surface area contributed by atoms with Gasteiger partial charge in [0, 0.05) is 17.1 Å². The Bertz CT molecular complexity index is 405. The highest BCUT2D eigenvalue weighted by Gasteiger charge is 2.23. The van der Waals surface area contributed by atoms with Gasteiger partial charge in [-0.3, -0.25) is 0 Å². The average molecular weight is 304 g/mol. The third-order valence-corrected chi connectivity index (χ3v) is 4.17. The second-order valence-corrected chi connectivity index (χ2v) is 5.43. The van der Waals surface area contributed by atoms with Gasteiger partial charge in [0.05, 0.1) is 12.1 Å². The predicted molar refractivity (Wildman–Crippen MR) is 83.5 cm³/mol. The van der Waals surface area contributed by atoms with Crippen LogP contribution in [-0.4, -0.2) is 13.7 Å². The van der Waals surface area contributed by atoms with Crippen molar-refractivity contribution in [3.05, 3.63) is 27.7 Å². The first-order chi connectivity index (χ1) is 9.08. The maximum atomic E-state index is 6.39. The summed E-state index contributed by atoms with van der Waals surface area (Å²) in [5.41, 5.74) is 1.06. The molecule has 0 saturated heterocycles. The van der Waals surface area contributed by atoms with Crippen molar-refractivity contribution < 1.29 is 4.74 Å². The van der Waals surface area contributed by atoms with Crippen LogP contribution in [-0.2, 0) is 0 Å². The molecule has 108 valence electrons. The Kier molecular flexibility index (Phi) is 6.98. The summed E-state index contributed by atoms with van der Waals surface area (Å²) >= 11 is 12.6. The van der Waals surface area contributed by atoms with Gasteiger partial charge < -0.3 is 10.1 Å². The first-order valence-electron chi connectivity index (χ1n) is 6.85. The summed E-state index contributed by atoms with van der Waals surface area (Å²) in [5.74, 6) is 1.16. The van der Waals surface area contributed by atoms with Crippen LogP contribution in [0.4, 0.5) is 0 Å². The molecule has 0 fully saturated rings. The maximum Gasteiger partial charge on any atom is 0.138 e. The normalized spacial score (nSPS) is 12.8. The van der Waals surface area contributed by atoms with Crippen LogP contribution in [0.3, 0.4) is 0 Å². The van der Waals surface area contributed by atoms with Crippen LogP contribution in [0, 0.1) is 5.92 Å². The third kappa shape index (κ3) is 4.01. The molecular formula is C15H23Cl2NO. The van der Waals surface area contributed by atoms with E-state index in [1.54, 1.807) is 13.2 Å². The SMILES string of the molecule is CCNC(c1cc(Cl)c(OC)cc1Cl)C(CC)CC. The molecule has 0 radical (unpaired) electrons. The van der Waals surface area contributed by atoms with Gasteiger partial charge in [0.15, 0.2) is 0 Å². The van der Waals surface area contributed by atoms with Crippen LogP contribution in [0.2, 0.25) is 10.0 Å². The third-order valence-electron chi connectivity index (χ3n) is 3.55. The minimum Gasteiger partial charge on any atom is -0.495 e. The van der Waals surface area contributed by atoms with E-state index < -0.39 is 0 Å². The molecule has 0 amide bonds. The van der Waals surface area contributed by atoms with Crippen molar-refractivity contribution in [3.8, 4) is 5.75 Å². The highest BCUT2D eigenvalue weighted by Crippen LogP contribution is 2.37. The standard InChI is InChI=1S/C15H23Cl2NO/c1-5-10(6-2)15(18-7-3)11-8-13(17)14(19-4)9-12(11)16/h8-10,15,18H,5-7H2,1-4H3. The molecule has 19 heavy (non-hydrogen) atoms. The Hall–Kier alpha value is -0.440. The van der Waals surface area contributed by atoms with Crippen LogP contribution in [0.5, 0.6) is 5.75 Å². The Labute approximate surface area is 126 Å². The van der Waals surface area contributed by atoms with E-state index in [-0.39, 0.29) is 6.04 Å². The molecule has 2 nitrogen and oxygen atoms in total. The number of halogens is 2. The summed E-state index contributed by atoms with van der Waals surface area (Å²) in [6, 6.07) is 3.95. The van der Waals surface area contributed by atoms with Crippen molar-refractivity contribution in [2.45, 2.75) is 39.7 Å². The Balaban J connectivity index is 3.18. The fourth-order valence-electron chi connectivity index (χ4n) is 2.45. The van der Waals surface area contributed by atoms with E-state index in [2.05, 4.69) is 26.1 Å². The van der Waals surface area contributed by atoms with Gasteiger partial charge in [-0.25, -0.2) is 0 Å². The van der Waals surface area contributed by atoms with Crippen molar-refractivity contribution in [2.24, 2.45) is 5.92 Å². The van der Waals surface area contributed by atoms with Crippen LogP contribution in [0.25, 0.3) is 0 Å². The number of ether oxygens (including phenoxy) is 1. The second-order valence-electron chi connectivity index (χ2n) is 4.62. The van der Waals surface area contributed by atoms with Crippen molar-refractivity contribution in [3.63, 3.8) is 0 Å². The van der Waals surface area contributed by atoms with Gasteiger partial charge in [-0.05, 0) is 24.1 Å². The van der Waals surface area contributed by atoms with Gasteiger partial charge >= 0.3 is 0 Å². The highest BCUT2D eigenvalue weighted by atomic mass is 35.5. The molecule has 1 rings (SSSR count). The molecule has 0 aromatic heterocycles. The summed E-state index contributed by atoms with van der Waals surface area (Å²) < 4.78 is 5.20. The summed E-state index contributed by atoms with van der Waals surface area (Å²) in [6.45, 7) is 7.42. The van der Waals surface area contributed by atoms with Crippen LogP contribution in [0.15, 0.2) is 12.1 Å². The predicted octanol–water partition coefficient (Wildman–Crippen LogP) is 5.09. The van der Waals surface area contributed by atoms with E-state index in [0.717, 1.165) is 24.9 Å². The Morgan fingerprint density at radius 2 is 1.74 bits per heavy atom. The van der Waals surface area contributed by atoms with Gasteiger partial charge in [0.1, 0.15) is 5.75 Å². The lowest BCUT2D eigenvalue weighted by molar-refractivity contribution is 0.346. The van der Waals surface area contributed by atoms with Gasteiger partial charge in [-0.2, -0.15) is 0 Å². The summed E-state index contributed by atoms with van der Waals surface area (Å²) in [5, 5.41) is 4.84. The molecule has 0 spiro atoms. The number of rotatable bonds is 7. The number of hydrogen-bond acceptors (Lipinski definition) is 2. The molecule has 0 aliphatic rings. The first kappa shape index (κ1) is 16.6. The number of methoxy groups -OCH3 is 1. The average Bonchev–Trinajstić information content (AvgIpc) is 2.41. The molecule has 1 aromatic carbocycles. The quantitative estimate of drug-likeness (QED) is 0.757. The summed E-state index contributed by atoms with van der Waals surface area (Å²) in [4.78, 5) is 0. The second kappa shape index (κ2) is 7.98. The largest absolute Gasteiger partial charge is 0.495 e.